The van der Waals surface area contributed by atoms with E-state index in [0.717, 1.165) is 26.2 Å². The van der Waals surface area contributed by atoms with E-state index in [9.17, 15) is 4.39 Å². The number of aliphatic imine (C=N–C) groups is 1. The van der Waals surface area contributed by atoms with E-state index in [-0.39, 0.29) is 12.4 Å². The van der Waals surface area contributed by atoms with Gasteiger partial charge in [0.2, 0.25) is 0 Å². The number of likely N-dealkylation sites (N-methyl/N-ethyl adjacent to an activating group) is 1. The van der Waals surface area contributed by atoms with E-state index in [1.54, 1.807) is 6.07 Å². The maximum atomic E-state index is 13.8. The van der Waals surface area contributed by atoms with Crippen LogP contribution in [0.4, 0.5) is 4.39 Å². The van der Waals surface area contributed by atoms with Crippen LogP contribution >= 0.6 is 0 Å². The molecule has 1 saturated heterocycles. The zero-order valence-electron chi connectivity index (χ0n) is 14.5. The standard InChI is InChI=1S/C18H26FN5/c1-3-21-18(23-13-16-6-5-9-24(16)4-2)22-12-15-10-14(11-20)7-8-17(15)19/h7-8,10,16H,3-6,9,12-13H2,1-2H3,(H2,21,22,23). The molecule has 24 heavy (non-hydrogen) atoms. The molecule has 0 radical (unpaired) electrons. The Morgan fingerprint density at radius 1 is 1.42 bits per heavy atom. The summed E-state index contributed by atoms with van der Waals surface area (Å²) < 4.78 is 13.8. The van der Waals surface area contributed by atoms with Gasteiger partial charge in [-0.25, -0.2) is 9.38 Å². The lowest BCUT2D eigenvalue weighted by Gasteiger charge is -2.24. The Hall–Kier alpha value is -2.13. The van der Waals surface area contributed by atoms with Crippen molar-refractivity contribution in [2.45, 2.75) is 39.3 Å². The Bertz CT molecular complexity index is 608. The highest BCUT2D eigenvalue weighted by Gasteiger charge is 2.22. The Balaban J connectivity index is 1.99. The first-order chi connectivity index (χ1) is 11.7. The van der Waals surface area contributed by atoms with Crippen molar-refractivity contribution in [2.24, 2.45) is 4.99 Å². The van der Waals surface area contributed by atoms with Crippen LogP contribution in [0.1, 0.15) is 37.8 Å². The fourth-order valence-corrected chi connectivity index (χ4v) is 3.03. The molecule has 1 aromatic rings. The molecule has 0 aromatic heterocycles. The van der Waals surface area contributed by atoms with Gasteiger partial charge in [-0.1, -0.05) is 6.92 Å². The van der Waals surface area contributed by atoms with Gasteiger partial charge in [0, 0.05) is 24.7 Å². The minimum atomic E-state index is -0.332. The highest BCUT2D eigenvalue weighted by atomic mass is 19.1. The van der Waals surface area contributed by atoms with Crippen LogP contribution in [0, 0.1) is 17.1 Å². The molecular weight excluding hydrogens is 305 g/mol. The van der Waals surface area contributed by atoms with Gasteiger partial charge < -0.3 is 10.6 Å². The van der Waals surface area contributed by atoms with Crippen LogP contribution in [0.15, 0.2) is 23.2 Å². The van der Waals surface area contributed by atoms with Crippen LogP contribution in [0.3, 0.4) is 0 Å². The van der Waals surface area contributed by atoms with Crippen molar-refractivity contribution >= 4 is 5.96 Å². The molecular formula is C18H26FN5. The van der Waals surface area contributed by atoms with Crippen molar-refractivity contribution in [3.63, 3.8) is 0 Å². The summed E-state index contributed by atoms with van der Waals surface area (Å²) in [5.41, 5.74) is 0.881. The number of halogens is 1. The van der Waals surface area contributed by atoms with E-state index >= 15 is 0 Å². The summed E-state index contributed by atoms with van der Waals surface area (Å²) in [5.74, 6) is 0.351. The first kappa shape index (κ1) is 18.2. The van der Waals surface area contributed by atoms with Crippen molar-refractivity contribution in [1.82, 2.24) is 15.5 Å². The van der Waals surface area contributed by atoms with E-state index in [0.29, 0.717) is 23.1 Å². The van der Waals surface area contributed by atoms with E-state index in [1.807, 2.05) is 13.0 Å². The number of nitriles is 1. The minimum Gasteiger partial charge on any atom is -0.357 e. The first-order valence-electron chi connectivity index (χ1n) is 8.62. The van der Waals surface area contributed by atoms with Gasteiger partial charge in [-0.2, -0.15) is 5.26 Å². The van der Waals surface area contributed by atoms with Crippen molar-refractivity contribution < 1.29 is 4.39 Å². The summed E-state index contributed by atoms with van der Waals surface area (Å²) in [6.45, 7) is 8.19. The maximum Gasteiger partial charge on any atom is 0.191 e. The number of hydrogen-bond donors (Lipinski definition) is 2. The summed E-state index contributed by atoms with van der Waals surface area (Å²) in [6, 6.07) is 6.91. The molecule has 0 bridgehead atoms. The second-order valence-corrected chi connectivity index (χ2v) is 5.92. The summed E-state index contributed by atoms with van der Waals surface area (Å²) in [5, 5.41) is 15.5. The van der Waals surface area contributed by atoms with Crippen molar-refractivity contribution in [3.05, 3.63) is 35.1 Å². The molecule has 0 aliphatic carbocycles. The van der Waals surface area contributed by atoms with E-state index in [2.05, 4.69) is 27.4 Å². The van der Waals surface area contributed by atoms with Crippen molar-refractivity contribution in [2.75, 3.05) is 26.2 Å². The van der Waals surface area contributed by atoms with Gasteiger partial charge in [0.05, 0.1) is 18.2 Å². The summed E-state index contributed by atoms with van der Waals surface area (Å²) in [7, 11) is 0. The fraction of sp³-hybridized carbons (Fsp3) is 0.556. The van der Waals surface area contributed by atoms with Crippen LogP contribution in [0.2, 0.25) is 0 Å². The molecule has 0 amide bonds. The Labute approximate surface area is 143 Å². The SMILES string of the molecule is CCNC(=NCc1cc(C#N)ccc1F)NCC1CCCN1CC. The lowest BCUT2D eigenvalue weighted by atomic mass is 10.1. The molecule has 0 spiro atoms. The molecule has 5 nitrogen and oxygen atoms in total. The lowest BCUT2D eigenvalue weighted by Crippen LogP contribution is -2.44. The van der Waals surface area contributed by atoms with Gasteiger partial charge in [0.1, 0.15) is 5.82 Å². The van der Waals surface area contributed by atoms with Gasteiger partial charge in [-0.15, -0.1) is 0 Å². The molecule has 1 fully saturated rings. The Kier molecular flexibility index (Phi) is 7.01. The van der Waals surface area contributed by atoms with Crippen LogP contribution in [-0.2, 0) is 6.54 Å². The molecule has 2 N–H and O–H groups in total. The second-order valence-electron chi connectivity index (χ2n) is 5.92. The molecule has 1 unspecified atom stereocenters. The minimum absolute atomic E-state index is 0.207. The average molecular weight is 331 g/mol. The number of rotatable bonds is 6. The van der Waals surface area contributed by atoms with Gasteiger partial charge >= 0.3 is 0 Å². The smallest absolute Gasteiger partial charge is 0.191 e. The molecule has 0 saturated carbocycles. The van der Waals surface area contributed by atoms with E-state index in [4.69, 9.17) is 5.26 Å². The zero-order valence-corrected chi connectivity index (χ0v) is 14.5. The normalized spacial score (nSPS) is 18.4. The zero-order chi connectivity index (χ0) is 17.4. The van der Waals surface area contributed by atoms with Crippen LogP contribution in [-0.4, -0.2) is 43.1 Å². The monoisotopic (exact) mass is 331 g/mol. The van der Waals surface area contributed by atoms with Crippen LogP contribution < -0.4 is 10.6 Å². The molecule has 1 aliphatic rings. The fourth-order valence-electron chi connectivity index (χ4n) is 3.03. The van der Waals surface area contributed by atoms with Crippen molar-refractivity contribution in [3.8, 4) is 6.07 Å². The molecule has 130 valence electrons. The van der Waals surface area contributed by atoms with E-state index in [1.165, 1.54) is 25.0 Å². The Morgan fingerprint density at radius 3 is 2.96 bits per heavy atom. The molecule has 2 rings (SSSR count). The topological polar surface area (TPSA) is 63.5 Å². The van der Waals surface area contributed by atoms with Crippen molar-refractivity contribution in [1.29, 1.82) is 5.26 Å². The summed E-state index contributed by atoms with van der Waals surface area (Å²) >= 11 is 0. The number of benzene rings is 1. The van der Waals surface area contributed by atoms with E-state index < -0.39 is 0 Å². The third-order valence-electron chi connectivity index (χ3n) is 4.34. The number of guanidine groups is 1. The molecule has 1 aliphatic heterocycles. The number of likely N-dealkylation sites (tertiary alicyclic amines) is 1. The third-order valence-corrected chi connectivity index (χ3v) is 4.34. The predicted octanol–water partition coefficient (Wildman–Crippen LogP) is 2.24. The summed E-state index contributed by atoms with van der Waals surface area (Å²) in [6.07, 6.45) is 2.43. The van der Waals surface area contributed by atoms with Gasteiger partial charge in [0.25, 0.3) is 0 Å². The molecule has 1 aromatic carbocycles. The van der Waals surface area contributed by atoms with Crippen LogP contribution in [0.25, 0.3) is 0 Å². The average Bonchev–Trinajstić information content (AvgIpc) is 3.06. The van der Waals surface area contributed by atoms with Gasteiger partial charge in [0.15, 0.2) is 5.96 Å². The van der Waals surface area contributed by atoms with Gasteiger partial charge in [-0.3, -0.25) is 4.90 Å². The van der Waals surface area contributed by atoms with Gasteiger partial charge in [-0.05, 0) is 51.1 Å². The summed E-state index contributed by atoms with van der Waals surface area (Å²) in [4.78, 5) is 6.92. The number of nitrogens with one attached hydrogen (secondary N) is 2. The quantitative estimate of drug-likeness (QED) is 0.620. The second kappa shape index (κ2) is 9.24. The number of nitrogens with zero attached hydrogens (tertiary/aromatic N) is 3. The largest absolute Gasteiger partial charge is 0.357 e. The first-order valence-corrected chi connectivity index (χ1v) is 8.62. The number of hydrogen-bond acceptors (Lipinski definition) is 3. The molecule has 6 heteroatoms. The Morgan fingerprint density at radius 2 is 2.25 bits per heavy atom. The lowest BCUT2D eigenvalue weighted by molar-refractivity contribution is 0.267. The highest BCUT2D eigenvalue weighted by molar-refractivity contribution is 5.79. The molecule has 1 atom stereocenters. The maximum absolute atomic E-state index is 13.8. The third kappa shape index (κ3) is 4.93. The predicted molar refractivity (Wildman–Crippen MR) is 94.2 cm³/mol. The highest BCUT2D eigenvalue weighted by Crippen LogP contribution is 2.15. The van der Waals surface area contributed by atoms with Crippen LogP contribution in [0.5, 0.6) is 0 Å². The molecule has 1 heterocycles.